The molecule has 7 heteroatoms. The first-order valence-electron chi connectivity index (χ1n) is 10.3. The largest absolute Gasteiger partial charge is 0.334 e. The molecule has 0 spiro atoms. The van der Waals surface area contributed by atoms with Crippen molar-refractivity contribution in [2.45, 2.75) is 44.7 Å². The van der Waals surface area contributed by atoms with Crippen molar-refractivity contribution in [1.29, 1.82) is 0 Å². The highest BCUT2D eigenvalue weighted by atomic mass is 35.5. The number of hydrogen-bond donors (Lipinski definition) is 1. The number of likely N-dealkylation sites (tertiary alicyclic amines) is 2. The molecule has 1 unspecified atom stereocenters. The number of carbonyl (C=O) groups is 1. The Morgan fingerprint density at radius 2 is 1.86 bits per heavy atom. The zero-order valence-electron chi connectivity index (χ0n) is 16.2. The van der Waals surface area contributed by atoms with Gasteiger partial charge in [-0.1, -0.05) is 18.0 Å². The quantitative estimate of drug-likeness (QED) is 0.850. The zero-order chi connectivity index (χ0) is 19.3. The third-order valence-electron chi connectivity index (χ3n) is 5.76. The summed E-state index contributed by atoms with van der Waals surface area (Å²) in [6, 6.07) is 8.08. The van der Waals surface area contributed by atoms with E-state index in [-0.39, 0.29) is 6.03 Å². The van der Waals surface area contributed by atoms with E-state index in [2.05, 4.69) is 15.3 Å². The number of nitrogens with one attached hydrogen (secondary N) is 1. The molecule has 2 fully saturated rings. The van der Waals surface area contributed by atoms with Gasteiger partial charge in [0.2, 0.25) is 0 Å². The minimum absolute atomic E-state index is 0.0327. The fourth-order valence-electron chi connectivity index (χ4n) is 4.18. The van der Waals surface area contributed by atoms with Crippen LogP contribution in [-0.2, 0) is 6.54 Å². The van der Waals surface area contributed by atoms with Crippen molar-refractivity contribution in [3.63, 3.8) is 0 Å². The first-order chi connectivity index (χ1) is 13.7. The molecule has 6 nitrogen and oxygen atoms in total. The van der Waals surface area contributed by atoms with Crippen LogP contribution in [0.5, 0.6) is 0 Å². The molecule has 2 aliphatic heterocycles. The number of aromatic nitrogens is 2. The van der Waals surface area contributed by atoms with Gasteiger partial charge in [0.1, 0.15) is 0 Å². The molecule has 3 heterocycles. The number of nitrogens with zero attached hydrogens (tertiary/aromatic N) is 4. The summed E-state index contributed by atoms with van der Waals surface area (Å²) in [5.41, 5.74) is 1.93. The minimum atomic E-state index is 0.0327. The summed E-state index contributed by atoms with van der Waals surface area (Å²) in [6.07, 6.45) is 9.83. The van der Waals surface area contributed by atoms with Crippen molar-refractivity contribution in [3.8, 4) is 5.69 Å². The van der Waals surface area contributed by atoms with E-state index in [0.29, 0.717) is 17.6 Å². The van der Waals surface area contributed by atoms with Gasteiger partial charge < -0.3 is 10.2 Å². The molecule has 28 heavy (non-hydrogen) atoms. The average Bonchev–Trinajstić information content (AvgIpc) is 3.35. The van der Waals surface area contributed by atoms with Gasteiger partial charge in [-0.3, -0.25) is 4.90 Å². The molecule has 1 aromatic carbocycles. The van der Waals surface area contributed by atoms with Gasteiger partial charge in [0.25, 0.3) is 0 Å². The molecular weight excluding hydrogens is 374 g/mol. The van der Waals surface area contributed by atoms with Crippen molar-refractivity contribution in [3.05, 3.63) is 47.2 Å². The van der Waals surface area contributed by atoms with E-state index in [1.165, 1.54) is 38.8 Å². The van der Waals surface area contributed by atoms with Crippen molar-refractivity contribution >= 4 is 17.6 Å². The van der Waals surface area contributed by atoms with Crippen molar-refractivity contribution in [2.75, 3.05) is 26.2 Å². The molecule has 0 bridgehead atoms. The lowest BCUT2D eigenvalue weighted by Crippen LogP contribution is -2.47. The van der Waals surface area contributed by atoms with Crippen LogP contribution < -0.4 is 5.32 Å². The van der Waals surface area contributed by atoms with Crippen LogP contribution >= 0.6 is 11.6 Å². The van der Waals surface area contributed by atoms with Crippen LogP contribution in [0.2, 0.25) is 5.02 Å². The number of halogens is 1. The number of rotatable bonds is 4. The van der Waals surface area contributed by atoms with E-state index in [0.717, 1.165) is 30.8 Å². The van der Waals surface area contributed by atoms with E-state index in [1.54, 1.807) is 10.9 Å². The summed E-state index contributed by atoms with van der Waals surface area (Å²) >= 11 is 5.94. The monoisotopic (exact) mass is 401 g/mol. The Hall–Kier alpha value is -2.05. The Balaban J connectivity index is 1.32. The number of carbonyl (C=O) groups excluding carboxylic acids is 1. The van der Waals surface area contributed by atoms with Gasteiger partial charge in [-0.05, 0) is 63.0 Å². The maximum atomic E-state index is 12.8. The zero-order valence-corrected chi connectivity index (χ0v) is 16.9. The number of benzene rings is 1. The summed E-state index contributed by atoms with van der Waals surface area (Å²) in [5.74, 6) is 0. The molecule has 1 atom stereocenters. The minimum Gasteiger partial charge on any atom is -0.334 e. The van der Waals surface area contributed by atoms with Crippen LogP contribution in [0.15, 0.2) is 36.7 Å². The molecule has 2 aromatic rings. The summed E-state index contributed by atoms with van der Waals surface area (Å²) < 4.78 is 1.80. The highest BCUT2D eigenvalue weighted by molar-refractivity contribution is 6.30. The SMILES string of the molecule is O=C(NCc1cnn(-c2ccc(Cl)cc2)c1)N1CCCCC(N2CCCC2)C1. The summed E-state index contributed by atoms with van der Waals surface area (Å²) in [6.45, 7) is 4.54. The molecule has 150 valence electrons. The van der Waals surface area contributed by atoms with Crippen LogP contribution in [0.4, 0.5) is 4.79 Å². The van der Waals surface area contributed by atoms with Gasteiger partial charge in [-0.2, -0.15) is 5.10 Å². The molecule has 1 N–H and O–H groups in total. The standard InChI is InChI=1S/C21H28ClN5O/c22-18-6-8-19(9-7-18)27-15-17(14-24-27)13-23-21(28)26-12-2-1-5-20(16-26)25-10-3-4-11-25/h6-9,14-15,20H,1-5,10-13,16H2,(H,23,28). The molecule has 2 aliphatic rings. The molecule has 2 saturated heterocycles. The highest BCUT2D eigenvalue weighted by Crippen LogP contribution is 2.20. The van der Waals surface area contributed by atoms with Crippen LogP contribution in [0.25, 0.3) is 5.69 Å². The number of urea groups is 1. The van der Waals surface area contributed by atoms with Crippen LogP contribution in [0.3, 0.4) is 0 Å². The maximum absolute atomic E-state index is 12.8. The van der Waals surface area contributed by atoms with Gasteiger partial charge in [-0.15, -0.1) is 0 Å². The van der Waals surface area contributed by atoms with Crippen LogP contribution in [0.1, 0.15) is 37.7 Å². The van der Waals surface area contributed by atoms with Gasteiger partial charge in [-0.25, -0.2) is 9.48 Å². The lowest BCUT2D eigenvalue weighted by atomic mass is 10.1. The predicted octanol–water partition coefficient (Wildman–Crippen LogP) is 3.69. The molecule has 1 aromatic heterocycles. The number of hydrogen-bond acceptors (Lipinski definition) is 3. The second-order valence-corrected chi connectivity index (χ2v) is 8.20. The third kappa shape index (κ3) is 4.67. The summed E-state index contributed by atoms with van der Waals surface area (Å²) in [4.78, 5) is 17.3. The Labute approximate surface area is 171 Å². The van der Waals surface area contributed by atoms with Gasteiger partial charge >= 0.3 is 6.03 Å². The van der Waals surface area contributed by atoms with Crippen molar-refractivity contribution in [1.82, 2.24) is 24.9 Å². The predicted molar refractivity (Wildman–Crippen MR) is 111 cm³/mol. The summed E-state index contributed by atoms with van der Waals surface area (Å²) in [7, 11) is 0. The van der Waals surface area contributed by atoms with E-state index in [4.69, 9.17) is 11.6 Å². The van der Waals surface area contributed by atoms with E-state index < -0.39 is 0 Å². The maximum Gasteiger partial charge on any atom is 0.317 e. The molecule has 2 amide bonds. The van der Waals surface area contributed by atoms with E-state index >= 15 is 0 Å². The highest BCUT2D eigenvalue weighted by Gasteiger charge is 2.27. The lowest BCUT2D eigenvalue weighted by Gasteiger charge is -2.30. The second kappa shape index (κ2) is 8.97. The van der Waals surface area contributed by atoms with Gasteiger partial charge in [0.15, 0.2) is 0 Å². The first-order valence-corrected chi connectivity index (χ1v) is 10.6. The average molecular weight is 402 g/mol. The van der Waals surface area contributed by atoms with Crippen LogP contribution in [-0.4, -0.2) is 57.8 Å². The Bertz CT molecular complexity index is 784. The number of amides is 2. The third-order valence-corrected chi connectivity index (χ3v) is 6.01. The van der Waals surface area contributed by atoms with Gasteiger partial charge in [0, 0.05) is 42.5 Å². The van der Waals surface area contributed by atoms with Crippen molar-refractivity contribution < 1.29 is 4.79 Å². The first kappa shape index (κ1) is 19.3. The Morgan fingerprint density at radius 1 is 1.11 bits per heavy atom. The smallest absolute Gasteiger partial charge is 0.317 e. The molecule has 0 radical (unpaired) electrons. The van der Waals surface area contributed by atoms with E-state index in [1.807, 2.05) is 35.4 Å². The molecular formula is C21H28ClN5O. The Morgan fingerprint density at radius 3 is 2.64 bits per heavy atom. The molecule has 0 saturated carbocycles. The van der Waals surface area contributed by atoms with Crippen molar-refractivity contribution in [2.24, 2.45) is 0 Å². The molecule has 4 rings (SSSR count). The van der Waals surface area contributed by atoms with Gasteiger partial charge in [0.05, 0.1) is 11.9 Å². The normalized spacial score (nSPS) is 20.9. The fourth-order valence-corrected chi connectivity index (χ4v) is 4.31. The topological polar surface area (TPSA) is 53.4 Å². The summed E-state index contributed by atoms with van der Waals surface area (Å²) in [5, 5.41) is 8.17. The second-order valence-electron chi connectivity index (χ2n) is 7.77. The Kier molecular flexibility index (Phi) is 6.17. The van der Waals surface area contributed by atoms with E-state index in [9.17, 15) is 4.79 Å². The van der Waals surface area contributed by atoms with Crippen LogP contribution in [0, 0.1) is 0 Å². The molecule has 0 aliphatic carbocycles. The lowest BCUT2D eigenvalue weighted by molar-refractivity contribution is 0.165. The fraction of sp³-hybridized carbons (Fsp3) is 0.524.